The quantitative estimate of drug-likeness (QED) is 0.517. The van der Waals surface area contributed by atoms with Gasteiger partial charge in [-0.1, -0.05) is 12.1 Å². The van der Waals surface area contributed by atoms with Crippen LogP contribution in [0.3, 0.4) is 0 Å². The van der Waals surface area contributed by atoms with Crippen molar-refractivity contribution in [2.75, 3.05) is 5.32 Å². The third-order valence-corrected chi connectivity index (χ3v) is 4.74. The molecular formula is C20H15BrN6O. The molecule has 4 aromatic rings. The lowest BCUT2D eigenvalue weighted by atomic mass is 10.1. The van der Waals surface area contributed by atoms with Gasteiger partial charge in [-0.25, -0.2) is 4.98 Å². The Morgan fingerprint density at radius 2 is 1.61 bits per heavy atom. The third-order valence-electron chi connectivity index (χ3n) is 4.10. The van der Waals surface area contributed by atoms with Crippen molar-refractivity contribution in [3.05, 3.63) is 94.9 Å². The minimum Gasteiger partial charge on any atom is -0.321 e. The van der Waals surface area contributed by atoms with Crippen LogP contribution in [-0.2, 0) is 6.42 Å². The Hall–Kier alpha value is -3.39. The molecule has 4 rings (SSSR count). The Labute approximate surface area is 169 Å². The van der Waals surface area contributed by atoms with Gasteiger partial charge in [-0.05, 0) is 69.9 Å². The van der Waals surface area contributed by atoms with E-state index in [1.807, 2.05) is 36.4 Å². The predicted molar refractivity (Wildman–Crippen MR) is 108 cm³/mol. The number of nitrogens with zero attached hydrogens (tertiary/aromatic N) is 5. The minimum absolute atomic E-state index is 0.284. The number of pyridine rings is 2. The first-order chi connectivity index (χ1) is 13.7. The number of aromatic nitrogens is 5. The summed E-state index contributed by atoms with van der Waals surface area (Å²) in [4.78, 5) is 21.1. The van der Waals surface area contributed by atoms with Crippen molar-refractivity contribution in [2.45, 2.75) is 6.42 Å². The van der Waals surface area contributed by atoms with Crippen molar-refractivity contribution in [1.82, 2.24) is 24.7 Å². The lowest BCUT2D eigenvalue weighted by molar-refractivity contribution is 0.102. The Kier molecular flexibility index (Phi) is 5.20. The van der Waals surface area contributed by atoms with E-state index in [-0.39, 0.29) is 11.6 Å². The van der Waals surface area contributed by atoms with E-state index in [0.29, 0.717) is 16.0 Å². The first-order valence-corrected chi connectivity index (χ1v) is 9.29. The first kappa shape index (κ1) is 18.0. The molecule has 1 aromatic carbocycles. The van der Waals surface area contributed by atoms with Gasteiger partial charge in [0.25, 0.3) is 5.91 Å². The summed E-state index contributed by atoms with van der Waals surface area (Å²) in [6.07, 6.45) is 7.43. The molecule has 3 heterocycles. The van der Waals surface area contributed by atoms with E-state index in [2.05, 4.69) is 41.4 Å². The van der Waals surface area contributed by atoms with E-state index >= 15 is 0 Å². The topological polar surface area (TPSA) is 85.6 Å². The molecule has 8 heteroatoms. The van der Waals surface area contributed by atoms with Gasteiger partial charge in [0.05, 0.1) is 0 Å². The number of amides is 1. The highest BCUT2D eigenvalue weighted by atomic mass is 79.9. The number of anilines is 1. The van der Waals surface area contributed by atoms with Crippen LogP contribution in [-0.4, -0.2) is 30.6 Å². The van der Waals surface area contributed by atoms with Crippen LogP contribution in [0.5, 0.6) is 0 Å². The summed E-state index contributed by atoms with van der Waals surface area (Å²) in [6.45, 7) is 0. The maximum absolute atomic E-state index is 12.7. The molecule has 0 spiro atoms. The number of carbonyl (C=O) groups excluding carboxylic acids is 1. The van der Waals surface area contributed by atoms with Gasteiger partial charge >= 0.3 is 0 Å². The molecule has 1 amide bonds. The Morgan fingerprint density at radius 3 is 2.32 bits per heavy atom. The van der Waals surface area contributed by atoms with E-state index in [1.54, 1.807) is 29.1 Å². The zero-order valence-electron chi connectivity index (χ0n) is 14.7. The van der Waals surface area contributed by atoms with E-state index in [0.717, 1.165) is 12.0 Å². The molecule has 0 radical (unpaired) electrons. The Balaban J connectivity index is 1.48. The van der Waals surface area contributed by atoms with Crippen molar-refractivity contribution >= 4 is 27.5 Å². The SMILES string of the molecule is O=C(Nc1ccc(Cc2ccncc2)cc1)c1nc(-n2cnnc2)ccc1Br. The molecule has 7 nitrogen and oxygen atoms in total. The summed E-state index contributed by atoms with van der Waals surface area (Å²) in [6, 6.07) is 15.3. The molecule has 28 heavy (non-hydrogen) atoms. The molecule has 3 aromatic heterocycles. The molecule has 0 bridgehead atoms. The highest BCUT2D eigenvalue weighted by molar-refractivity contribution is 9.10. The minimum atomic E-state index is -0.302. The first-order valence-electron chi connectivity index (χ1n) is 8.50. The summed E-state index contributed by atoms with van der Waals surface area (Å²) in [5.41, 5.74) is 3.32. The van der Waals surface area contributed by atoms with Gasteiger partial charge in [0, 0.05) is 22.6 Å². The molecule has 0 aliphatic rings. The summed E-state index contributed by atoms with van der Waals surface area (Å²) in [7, 11) is 0. The molecule has 0 aliphatic heterocycles. The second-order valence-corrected chi connectivity index (χ2v) is 6.91. The molecule has 0 saturated carbocycles. The fourth-order valence-corrected chi connectivity index (χ4v) is 3.09. The number of halogens is 1. The average Bonchev–Trinajstić information content (AvgIpc) is 3.25. The van der Waals surface area contributed by atoms with Crippen LogP contribution in [0.15, 0.2) is 78.1 Å². The van der Waals surface area contributed by atoms with Crippen molar-refractivity contribution < 1.29 is 4.79 Å². The molecule has 0 unspecified atom stereocenters. The van der Waals surface area contributed by atoms with Crippen molar-refractivity contribution in [2.24, 2.45) is 0 Å². The summed E-state index contributed by atoms with van der Waals surface area (Å²) < 4.78 is 2.24. The van der Waals surface area contributed by atoms with Crippen molar-refractivity contribution in [3.8, 4) is 5.82 Å². The van der Waals surface area contributed by atoms with Gasteiger partial charge in [0.15, 0.2) is 0 Å². The van der Waals surface area contributed by atoms with Crippen LogP contribution in [0.2, 0.25) is 0 Å². The van der Waals surface area contributed by atoms with E-state index in [9.17, 15) is 4.79 Å². The smallest absolute Gasteiger partial charge is 0.275 e. The Bertz CT molecular complexity index is 1080. The second kappa shape index (κ2) is 8.10. The maximum atomic E-state index is 12.7. The standard InChI is InChI=1S/C20H15BrN6O/c21-17-5-6-18(27-12-23-24-13-27)26-19(17)20(28)25-16-3-1-14(2-4-16)11-15-7-9-22-10-8-15/h1-10,12-13H,11H2,(H,25,28). The van der Waals surface area contributed by atoms with E-state index < -0.39 is 0 Å². The monoisotopic (exact) mass is 434 g/mol. The summed E-state index contributed by atoms with van der Waals surface area (Å²) in [5.74, 6) is 0.259. The fraction of sp³-hybridized carbons (Fsp3) is 0.0500. The van der Waals surface area contributed by atoms with Crippen LogP contribution in [0.4, 0.5) is 5.69 Å². The zero-order chi connectivity index (χ0) is 19.3. The van der Waals surface area contributed by atoms with Gasteiger partial charge < -0.3 is 5.32 Å². The van der Waals surface area contributed by atoms with Gasteiger partial charge in [-0.3, -0.25) is 14.3 Å². The van der Waals surface area contributed by atoms with E-state index in [1.165, 1.54) is 18.2 Å². The highest BCUT2D eigenvalue weighted by Gasteiger charge is 2.14. The molecule has 0 saturated heterocycles. The normalized spacial score (nSPS) is 10.6. The number of hydrogen-bond donors (Lipinski definition) is 1. The lowest BCUT2D eigenvalue weighted by Crippen LogP contribution is -2.15. The second-order valence-electron chi connectivity index (χ2n) is 6.05. The van der Waals surface area contributed by atoms with Gasteiger partial charge in [-0.2, -0.15) is 0 Å². The van der Waals surface area contributed by atoms with Gasteiger partial charge in [0.2, 0.25) is 0 Å². The fourth-order valence-electron chi connectivity index (χ4n) is 2.69. The maximum Gasteiger partial charge on any atom is 0.275 e. The third kappa shape index (κ3) is 4.12. The van der Waals surface area contributed by atoms with Gasteiger partial charge in [0.1, 0.15) is 24.2 Å². The molecular weight excluding hydrogens is 420 g/mol. The molecule has 138 valence electrons. The predicted octanol–water partition coefficient (Wildman–Crippen LogP) is 3.66. The van der Waals surface area contributed by atoms with Crippen molar-refractivity contribution in [1.29, 1.82) is 0 Å². The summed E-state index contributed by atoms with van der Waals surface area (Å²) in [5, 5.41) is 10.4. The Morgan fingerprint density at radius 1 is 0.929 bits per heavy atom. The molecule has 0 aliphatic carbocycles. The highest BCUT2D eigenvalue weighted by Crippen LogP contribution is 2.19. The van der Waals surface area contributed by atoms with Crippen LogP contribution in [0.1, 0.15) is 21.6 Å². The van der Waals surface area contributed by atoms with Crippen LogP contribution in [0, 0.1) is 0 Å². The zero-order valence-corrected chi connectivity index (χ0v) is 16.2. The lowest BCUT2D eigenvalue weighted by Gasteiger charge is -2.09. The molecule has 1 N–H and O–H groups in total. The van der Waals surface area contributed by atoms with Gasteiger partial charge in [-0.15, -0.1) is 10.2 Å². The van der Waals surface area contributed by atoms with E-state index in [4.69, 9.17) is 0 Å². The van der Waals surface area contributed by atoms with Crippen LogP contribution < -0.4 is 5.32 Å². The largest absolute Gasteiger partial charge is 0.321 e. The van der Waals surface area contributed by atoms with Crippen molar-refractivity contribution in [3.63, 3.8) is 0 Å². The number of rotatable bonds is 5. The number of benzene rings is 1. The number of nitrogens with one attached hydrogen (secondary N) is 1. The van der Waals surface area contributed by atoms with Crippen LogP contribution >= 0.6 is 15.9 Å². The average molecular weight is 435 g/mol. The molecule has 0 fully saturated rings. The molecule has 0 atom stereocenters. The number of carbonyl (C=O) groups is 1. The number of hydrogen-bond acceptors (Lipinski definition) is 5. The summed E-state index contributed by atoms with van der Waals surface area (Å²) >= 11 is 3.39. The van der Waals surface area contributed by atoms with Crippen LogP contribution in [0.25, 0.3) is 5.82 Å².